The Morgan fingerprint density at radius 3 is 2.31 bits per heavy atom. The number of piperidine rings is 1. The van der Waals surface area contributed by atoms with E-state index in [1.54, 1.807) is 6.07 Å². The zero-order valence-electron chi connectivity index (χ0n) is 15.9. The highest BCUT2D eigenvalue weighted by Crippen LogP contribution is 2.35. The fourth-order valence-electron chi connectivity index (χ4n) is 3.23. The third kappa shape index (κ3) is 4.39. The largest absolute Gasteiger partial charge is 0.496 e. The number of ether oxygens (including phenoxy) is 4. The van der Waals surface area contributed by atoms with Crippen molar-refractivity contribution in [3.8, 4) is 17.2 Å². The fourth-order valence-corrected chi connectivity index (χ4v) is 3.23. The van der Waals surface area contributed by atoms with Crippen LogP contribution in [-0.4, -0.2) is 57.3 Å². The van der Waals surface area contributed by atoms with Crippen LogP contribution >= 0.6 is 0 Å². The van der Waals surface area contributed by atoms with Gasteiger partial charge in [-0.15, -0.1) is 0 Å². The molecule has 7 heteroatoms. The van der Waals surface area contributed by atoms with Gasteiger partial charge in [-0.1, -0.05) is 6.92 Å². The van der Waals surface area contributed by atoms with Crippen LogP contribution in [0.15, 0.2) is 12.1 Å². The van der Waals surface area contributed by atoms with E-state index in [0.29, 0.717) is 23.8 Å². The maximum Gasteiger partial charge on any atom is 0.342 e. The lowest BCUT2D eigenvalue weighted by atomic mass is 10.00. The standard InChI is InChI=1S/C19H27NO6/c1-5-13-8-6-7-9-20(13)18(21)12-26-19(22)14-10-16(24-3)17(25-4)11-15(14)23-2/h10-11,13H,5-9,12H2,1-4H3/t13-/m1/s1. The summed E-state index contributed by atoms with van der Waals surface area (Å²) in [7, 11) is 4.42. The number of amides is 1. The third-order valence-electron chi connectivity index (χ3n) is 4.67. The summed E-state index contributed by atoms with van der Waals surface area (Å²) in [6, 6.07) is 3.26. The van der Waals surface area contributed by atoms with E-state index >= 15 is 0 Å². The van der Waals surface area contributed by atoms with Crippen molar-refractivity contribution >= 4 is 11.9 Å². The second kappa shape index (κ2) is 9.31. The lowest BCUT2D eigenvalue weighted by molar-refractivity contribution is -0.138. The van der Waals surface area contributed by atoms with Crippen molar-refractivity contribution in [2.75, 3.05) is 34.5 Å². The van der Waals surface area contributed by atoms with Crippen molar-refractivity contribution in [3.05, 3.63) is 17.7 Å². The molecular weight excluding hydrogens is 338 g/mol. The lowest BCUT2D eigenvalue weighted by Gasteiger charge is -2.35. The van der Waals surface area contributed by atoms with E-state index in [9.17, 15) is 9.59 Å². The third-order valence-corrected chi connectivity index (χ3v) is 4.67. The van der Waals surface area contributed by atoms with Gasteiger partial charge in [0.1, 0.15) is 11.3 Å². The molecular formula is C19H27NO6. The molecule has 0 bridgehead atoms. The Bertz CT molecular complexity index is 645. The SMILES string of the molecule is CC[C@@H]1CCCCN1C(=O)COC(=O)c1cc(OC)c(OC)cc1OC. The molecule has 0 unspecified atom stereocenters. The number of esters is 1. The smallest absolute Gasteiger partial charge is 0.342 e. The highest BCUT2D eigenvalue weighted by molar-refractivity contribution is 5.95. The average molecular weight is 365 g/mol. The molecule has 1 heterocycles. The molecule has 7 nitrogen and oxygen atoms in total. The van der Waals surface area contributed by atoms with Gasteiger partial charge in [-0.3, -0.25) is 4.79 Å². The first-order valence-corrected chi connectivity index (χ1v) is 8.82. The van der Waals surface area contributed by atoms with Gasteiger partial charge in [-0.25, -0.2) is 4.79 Å². The van der Waals surface area contributed by atoms with E-state index in [1.165, 1.54) is 27.4 Å². The topological polar surface area (TPSA) is 74.3 Å². The molecule has 1 aliphatic heterocycles. The first-order valence-electron chi connectivity index (χ1n) is 8.82. The zero-order valence-corrected chi connectivity index (χ0v) is 15.9. The van der Waals surface area contributed by atoms with Gasteiger partial charge in [0.2, 0.25) is 0 Å². The molecule has 26 heavy (non-hydrogen) atoms. The summed E-state index contributed by atoms with van der Waals surface area (Å²) in [5.74, 6) is 0.319. The summed E-state index contributed by atoms with van der Waals surface area (Å²) in [5, 5.41) is 0. The van der Waals surface area contributed by atoms with E-state index in [0.717, 1.165) is 25.7 Å². The van der Waals surface area contributed by atoms with Crippen LogP contribution in [0.3, 0.4) is 0 Å². The van der Waals surface area contributed by atoms with Gasteiger partial charge < -0.3 is 23.8 Å². The Kier molecular flexibility index (Phi) is 7.12. The number of benzene rings is 1. The summed E-state index contributed by atoms with van der Waals surface area (Å²) < 4.78 is 20.9. The predicted molar refractivity (Wildman–Crippen MR) is 96.0 cm³/mol. The molecule has 1 aliphatic rings. The molecule has 144 valence electrons. The number of rotatable bonds is 7. The summed E-state index contributed by atoms with van der Waals surface area (Å²) in [4.78, 5) is 26.7. The van der Waals surface area contributed by atoms with Crippen molar-refractivity contribution in [1.82, 2.24) is 4.90 Å². The number of nitrogens with zero attached hydrogens (tertiary/aromatic N) is 1. The highest BCUT2D eigenvalue weighted by Gasteiger charge is 2.27. The summed E-state index contributed by atoms with van der Waals surface area (Å²) in [6.07, 6.45) is 4.02. The van der Waals surface area contributed by atoms with Crippen LogP contribution in [0.25, 0.3) is 0 Å². The number of carbonyl (C=O) groups is 2. The lowest BCUT2D eigenvalue weighted by Crippen LogP contribution is -2.45. The number of likely N-dealkylation sites (tertiary alicyclic amines) is 1. The molecule has 1 amide bonds. The Morgan fingerprint density at radius 1 is 1.04 bits per heavy atom. The minimum atomic E-state index is -0.638. The molecule has 0 aliphatic carbocycles. The van der Waals surface area contributed by atoms with Crippen LogP contribution in [0.1, 0.15) is 43.0 Å². The molecule has 1 aromatic rings. The first-order chi connectivity index (χ1) is 12.5. The Hall–Kier alpha value is -2.44. The van der Waals surface area contributed by atoms with Crippen LogP contribution in [0.5, 0.6) is 17.2 Å². The molecule has 0 saturated carbocycles. The van der Waals surface area contributed by atoms with Gasteiger partial charge in [0.15, 0.2) is 18.1 Å². The Balaban J connectivity index is 2.08. The molecule has 0 aromatic heterocycles. The fraction of sp³-hybridized carbons (Fsp3) is 0.579. The van der Waals surface area contributed by atoms with Crippen LogP contribution in [0, 0.1) is 0 Å². The monoisotopic (exact) mass is 365 g/mol. The van der Waals surface area contributed by atoms with E-state index < -0.39 is 5.97 Å². The zero-order chi connectivity index (χ0) is 19.1. The summed E-state index contributed by atoms with van der Waals surface area (Å²) in [6.45, 7) is 2.50. The van der Waals surface area contributed by atoms with Gasteiger partial charge in [-0.2, -0.15) is 0 Å². The minimum absolute atomic E-state index is 0.163. The van der Waals surface area contributed by atoms with Crippen molar-refractivity contribution in [3.63, 3.8) is 0 Å². The van der Waals surface area contributed by atoms with Crippen molar-refractivity contribution in [2.24, 2.45) is 0 Å². The molecule has 1 saturated heterocycles. The van der Waals surface area contributed by atoms with Crippen LogP contribution in [0.2, 0.25) is 0 Å². The summed E-state index contributed by atoms with van der Waals surface area (Å²) >= 11 is 0. The summed E-state index contributed by atoms with van der Waals surface area (Å²) in [5.41, 5.74) is 0.184. The molecule has 1 aromatic carbocycles. The number of carbonyl (C=O) groups excluding carboxylic acids is 2. The van der Waals surface area contributed by atoms with Gasteiger partial charge in [-0.05, 0) is 25.7 Å². The van der Waals surface area contributed by atoms with Gasteiger partial charge in [0, 0.05) is 24.7 Å². The number of methoxy groups -OCH3 is 3. The van der Waals surface area contributed by atoms with E-state index in [2.05, 4.69) is 6.92 Å². The maximum atomic E-state index is 12.5. The van der Waals surface area contributed by atoms with Gasteiger partial charge >= 0.3 is 5.97 Å². The van der Waals surface area contributed by atoms with E-state index in [4.69, 9.17) is 18.9 Å². The van der Waals surface area contributed by atoms with Crippen molar-refractivity contribution < 1.29 is 28.5 Å². The van der Waals surface area contributed by atoms with Gasteiger partial charge in [0.25, 0.3) is 5.91 Å². The normalized spacial score (nSPS) is 16.8. The number of hydrogen-bond donors (Lipinski definition) is 0. The molecule has 0 radical (unpaired) electrons. The first kappa shape index (κ1) is 19.9. The predicted octanol–water partition coefficient (Wildman–Crippen LogP) is 2.66. The average Bonchev–Trinajstić information content (AvgIpc) is 2.70. The second-order valence-corrected chi connectivity index (χ2v) is 6.13. The van der Waals surface area contributed by atoms with Gasteiger partial charge in [0.05, 0.1) is 21.3 Å². The van der Waals surface area contributed by atoms with Crippen LogP contribution < -0.4 is 14.2 Å². The van der Waals surface area contributed by atoms with Crippen LogP contribution in [-0.2, 0) is 9.53 Å². The van der Waals surface area contributed by atoms with Crippen molar-refractivity contribution in [2.45, 2.75) is 38.6 Å². The Labute approximate surface area is 154 Å². The number of hydrogen-bond acceptors (Lipinski definition) is 6. The molecule has 1 fully saturated rings. The molecule has 2 rings (SSSR count). The van der Waals surface area contributed by atoms with E-state index in [1.807, 2.05) is 4.90 Å². The highest BCUT2D eigenvalue weighted by atomic mass is 16.5. The molecule has 0 N–H and O–H groups in total. The quantitative estimate of drug-likeness (QED) is 0.692. The Morgan fingerprint density at radius 2 is 1.69 bits per heavy atom. The molecule has 0 spiro atoms. The van der Waals surface area contributed by atoms with Crippen molar-refractivity contribution in [1.29, 1.82) is 0 Å². The molecule has 1 atom stereocenters. The van der Waals surface area contributed by atoms with E-state index in [-0.39, 0.29) is 24.1 Å². The van der Waals surface area contributed by atoms with Crippen LogP contribution in [0.4, 0.5) is 0 Å². The minimum Gasteiger partial charge on any atom is -0.496 e. The maximum absolute atomic E-state index is 12.5. The second-order valence-electron chi connectivity index (χ2n) is 6.13.